The molecule has 0 aliphatic rings. The number of aromatic nitrogens is 5. The lowest BCUT2D eigenvalue weighted by atomic mass is 10.1. The summed E-state index contributed by atoms with van der Waals surface area (Å²) in [5.41, 5.74) is 2.45. The van der Waals surface area contributed by atoms with E-state index in [4.69, 9.17) is 0 Å². The van der Waals surface area contributed by atoms with E-state index in [9.17, 15) is 0 Å². The summed E-state index contributed by atoms with van der Waals surface area (Å²) < 4.78 is 2.06. The van der Waals surface area contributed by atoms with Crippen molar-refractivity contribution in [2.45, 2.75) is 59.4 Å². The SMILES string of the molecule is CC(C)c1ccncc1.CC(C)c1ccncn1.CC(C)n1ccnc1. The fourth-order valence-corrected chi connectivity index (χ4v) is 1.97. The minimum absolute atomic E-state index is 0.507. The van der Waals surface area contributed by atoms with Crippen molar-refractivity contribution in [1.29, 1.82) is 0 Å². The maximum atomic E-state index is 4.07. The molecule has 0 N–H and O–H groups in total. The molecule has 0 aliphatic carbocycles. The Kier molecular flexibility index (Phi) is 9.83. The van der Waals surface area contributed by atoms with Crippen molar-refractivity contribution in [3.05, 3.63) is 73.1 Å². The molecule has 0 aliphatic heterocycles. The van der Waals surface area contributed by atoms with Gasteiger partial charge in [0.1, 0.15) is 6.33 Å². The van der Waals surface area contributed by atoms with Crippen molar-refractivity contribution in [3.63, 3.8) is 0 Å². The smallest absolute Gasteiger partial charge is 0.115 e. The third-order valence-corrected chi connectivity index (χ3v) is 3.69. The Hall–Kier alpha value is -2.56. The van der Waals surface area contributed by atoms with Gasteiger partial charge in [0.25, 0.3) is 0 Å². The van der Waals surface area contributed by atoms with E-state index < -0.39 is 0 Å². The summed E-state index contributed by atoms with van der Waals surface area (Å²) in [4.78, 5) is 15.7. The van der Waals surface area contributed by atoms with Gasteiger partial charge in [-0.2, -0.15) is 0 Å². The summed E-state index contributed by atoms with van der Waals surface area (Å²) >= 11 is 0. The van der Waals surface area contributed by atoms with E-state index in [1.165, 1.54) is 5.56 Å². The van der Waals surface area contributed by atoms with Gasteiger partial charge in [-0.25, -0.2) is 15.0 Å². The van der Waals surface area contributed by atoms with Gasteiger partial charge in [-0.05, 0) is 49.4 Å². The number of pyridine rings is 1. The largest absolute Gasteiger partial charge is 0.335 e. The topological polar surface area (TPSA) is 56.5 Å². The van der Waals surface area contributed by atoms with Crippen LogP contribution >= 0.6 is 0 Å². The summed E-state index contributed by atoms with van der Waals surface area (Å²) in [6.45, 7) is 12.8. The van der Waals surface area contributed by atoms with Gasteiger partial charge in [0.2, 0.25) is 0 Å². The summed E-state index contributed by atoms with van der Waals surface area (Å²) in [7, 11) is 0. The quantitative estimate of drug-likeness (QED) is 0.643. The minimum Gasteiger partial charge on any atom is -0.335 e. The lowest BCUT2D eigenvalue weighted by molar-refractivity contribution is 0.600. The average Bonchev–Trinajstić information content (AvgIpc) is 3.19. The predicted octanol–water partition coefficient (Wildman–Crippen LogP) is 5.27. The molecule has 0 unspecified atom stereocenters. The second kappa shape index (κ2) is 11.9. The molecule has 0 radical (unpaired) electrons. The molecule has 0 fully saturated rings. The van der Waals surface area contributed by atoms with Crippen molar-refractivity contribution >= 4 is 0 Å². The van der Waals surface area contributed by atoms with Crippen molar-refractivity contribution < 1.29 is 0 Å². The van der Waals surface area contributed by atoms with Crippen LogP contribution in [0.25, 0.3) is 0 Å². The maximum absolute atomic E-state index is 4.07. The molecule has 0 saturated carbocycles. The third-order valence-electron chi connectivity index (χ3n) is 3.69. The van der Waals surface area contributed by atoms with Crippen LogP contribution in [0.2, 0.25) is 0 Å². The lowest BCUT2D eigenvalue weighted by Crippen LogP contribution is -1.95. The molecule has 0 bridgehead atoms. The minimum atomic E-state index is 0.507. The van der Waals surface area contributed by atoms with E-state index in [-0.39, 0.29) is 0 Å². The van der Waals surface area contributed by atoms with Gasteiger partial charge in [0, 0.05) is 42.7 Å². The van der Waals surface area contributed by atoms with E-state index in [2.05, 4.69) is 66.0 Å². The van der Waals surface area contributed by atoms with Crippen LogP contribution in [-0.4, -0.2) is 24.5 Å². The second-order valence-corrected chi connectivity index (χ2v) is 6.83. The highest BCUT2D eigenvalue weighted by molar-refractivity contribution is 5.13. The van der Waals surface area contributed by atoms with Gasteiger partial charge in [-0.15, -0.1) is 0 Å². The summed E-state index contributed by atoms with van der Waals surface area (Å²) in [6, 6.07) is 6.57. The number of imidazole rings is 1. The maximum Gasteiger partial charge on any atom is 0.115 e. The molecule has 26 heavy (non-hydrogen) atoms. The van der Waals surface area contributed by atoms with Crippen LogP contribution in [0, 0.1) is 0 Å². The zero-order valence-corrected chi connectivity index (χ0v) is 16.7. The molecule has 0 saturated heterocycles. The fourth-order valence-electron chi connectivity index (χ4n) is 1.97. The Balaban J connectivity index is 0.000000195. The average molecular weight is 354 g/mol. The van der Waals surface area contributed by atoms with Crippen LogP contribution in [0.5, 0.6) is 0 Å². The summed E-state index contributed by atoms with van der Waals surface area (Å²) in [5, 5.41) is 0. The molecule has 0 aromatic carbocycles. The molecule has 5 heteroatoms. The monoisotopic (exact) mass is 353 g/mol. The van der Waals surface area contributed by atoms with Gasteiger partial charge in [-0.3, -0.25) is 4.98 Å². The zero-order valence-electron chi connectivity index (χ0n) is 16.7. The Morgan fingerprint density at radius 3 is 1.69 bits per heavy atom. The first-order valence-corrected chi connectivity index (χ1v) is 9.05. The van der Waals surface area contributed by atoms with Crippen molar-refractivity contribution in [2.24, 2.45) is 0 Å². The number of nitrogens with zero attached hydrogens (tertiary/aromatic N) is 5. The number of rotatable bonds is 3. The van der Waals surface area contributed by atoms with E-state index in [1.54, 1.807) is 18.7 Å². The molecule has 5 nitrogen and oxygen atoms in total. The van der Waals surface area contributed by atoms with E-state index in [1.807, 2.05) is 43.1 Å². The van der Waals surface area contributed by atoms with Crippen LogP contribution in [0.4, 0.5) is 0 Å². The fraction of sp³-hybridized carbons (Fsp3) is 0.429. The number of hydrogen-bond donors (Lipinski definition) is 0. The van der Waals surface area contributed by atoms with Gasteiger partial charge in [0.15, 0.2) is 0 Å². The highest BCUT2D eigenvalue weighted by Crippen LogP contribution is 2.10. The molecule has 0 spiro atoms. The van der Waals surface area contributed by atoms with Crippen LogP contribution in [0.1, 0.15) is 70.7 Å². The molecule has 140 valence electrons. The molecular weight excluding hydrogens is 322 g/mol. The first kappa shape index (κ1) is 21.5. The van der Waals surface area contributed by atoms with Crippen LogP contribution in [-0.2, 0) is 0 Å². The second-order valence-electron chi connectivity index (χ2n) is 6.83. The summed E-state index contributed by atoms with van der Waals surface area (Å²) in [5.74, 6) is 1.13. The Labute approximate surface area is 157 Å². The van der Waals surface area contributed by atoms with Crippen LogP contribution in [0.3, 0.4) is 0 Å². The van der Waals surface area contributed by atoms with E-state index in [0.717, 1.165) is 5.69 Å². The van der Waals surface area contributed by atoms with E-state index >= 15 is 0 Å². The highest BCUT2D eigenvalue weighted by atomic mass is 15.0. The van der Waals surface area contributed by atoms with Gasteiger partial charge >= 0.3 is 0 Å². The Morgan fingerprint density at radius 1 is 0.731 bits per heavy atom. The highest BCUT2D eigenvalue weighted by Gasteiger charge is 1.96. The predicted molar refractivity (Wildman–Crippen MR) is 107 cm³/mol. The Bertz CT molecular complexity index is 633. The molecule has 3 heterocycles. The number of hydrogen-bond acceptors (Lipinski definition) is 4. The van der Waals surface area contributed by atoms with Gasteiger partial charge < -0.3 is 4.57 Å². The van der Waals surface area contributed by atoms with Crippen molar-refractivity contribution in [2.75, 3.05) is 0 Å². The molecule has 3 aromatic heterocycles. The third kappa shape index (κ3) is 8.51. The lowest BCUT2D eigenvalue weighted by Gasteiger charge is -2.02. The van der Waals surface area contributed by atoms with Crippen LogP contribution < -0.4 is 0 Å². The summed E-state index contributed by atoms with van der Waals surface area (Å²) in [6.07, 6.45) is 12.6. The van der Waals surface area contributed by atoms with E-state index in [0.29, 0.717) is 17.9 Å². The standard InChI is InChI=1S/C8H11N.C7H10N2.C6H10N2/c1-7(2)8-3-5-9-6-4-8;1-6(2)7-3-4-8-5-9-7;1-6(2)8-4-3-7-5-8/h3-7H,1-2H3;3-6H,1-2H3;3-6H,1-2H3. The van der Waals surface area contributed by atoms with Gasteiger partial charge in [0.05, 0.1) is 6.33 Å². The Morgan fingerprint density at radius 2 is 1.38 bits per heavy atom. The molecule has 0 atom stereocenters. The first-order chi connectivity index (χ1) is 12.4. The zero-order chi connectivity index (χ0) is 19.4. The molecule has 3 rings (SSSR count). The van der Waals surface area contributed by atoms with Crippen molar-refractivity contribution in [1.82, 2.24) is 24.5 Å². The molecule has 0 amide bonds. The molecular formula is C21H31N5. The van der Waals surface area contributed by atoms with Crippen molar-refractivity contribution in [3.8, 4) is 0 Å². The molecule has 3 aromatic rings. The normalized spacial score (nSPS) is 10.2. The van der Waals surface area contributed by atoms with Gasteiger partial charge in [-0.1, -0.05) is 27.7 Å². The first-order valence-electron chi connectivity index (χ1n) is 9.05. The van der Waals surface area contributed by atoms with Crippen LogP contribution in [0.15, 0.2) is 61.8 Å².